The maximum Gasteiger partial charge on any atom is 0.116 e. The van der Waals surface area contributed by atoms with Crippen LogP contribution in [0.5, 0.6) is 0 Å². The number of fused-ring (bicyclic) bond motifs is 1. The first kappa shape index (κ1) is 12.7. The summed E-state index contributed by atoms with van der Waals surface area (Å²) in [7, 11) is 1.96. The monoisotopic (exact) mass is 326 g/mol. The number of rotatable bonds is 2. The Labute approximate surface area is 125 Å². The Morgan fingerprint density at radius 3 is 2.80 bits per heavy atom. The molecule has 0 aliphatic rings. The number of halogens is 1. The van der Waals surface area contributed by atoms with Gasteiger partial charge in [-0.25, -0.2) is 9.66 Å². The molecule has 5 heteroatoms. The fraction of sp³-hybridized carbons (Fsp3) is 0.0667. The molecule has 0 radical (unpaired) electrons. The normalized spacial score (nSPS) is 10.4. The van der Waals surface area contributed by atoms with E-state index in [4.69, 9.17) is 5.26 Å². The fourth-order valence-corrected chi connectivity index (χ4v) is 2.56. The highest BCUT2D eigenvalue weighted by Gasteiger charge is 2.09. The van der Waals surface area contributed by atoms with E-state index in [9.17, 15) is 0 Å². The molecule has 20 heavy (non-hydrogen) atoms. The molecule has 98 valence electrons. The van der Waals surface area contributed by atoms with E-state index in [0.717, 1.165) is 21.2 Å². The summed E-state index contributed by atoms with van der Waals surface area (Å²) in [6, 6.07) is 15.7. The van der Waals surface area contributed by atoms with E-state index < -0.39 is 0 Å². The van der Waals surface area contributed by atoms with Crippen LogP contribution in [-0.4, -0.2) is 16.7 Å². The topological polar surface area (TPSA) is 44.9 Å². The van der Waals surface area contributed by atoms with Gasteiger partial charge in [-0.3, -0.25) is 5.01 Å². The standard InChI is InChI=1S/C15H11BrN4/c1-19(12-7-6-11(9-17)13(16)8-12)20-10-18-14-4-2-3-5-15(14)20/h2-8,10H,1H3. The molecule has 0 amide bonds. The maximum absolute atomic E-state index is 8.96. The molecule has 0 atom stereocenters. The number of nitrogens with zero attached hydrogens (tertiary/aromatic N) is 4. The molecule has 0 bridgehead atoms. The third-order valence-electron chi connectivity index (χ3n) is 3.20. The summed E-state index contributed by atoms with van der Waals surface area (Å²) in [5.41, 5.74) is 3.58. The number of nitriles is 1. The Morgan fingerprint density at radius 2 is 2.05 bits per heavy atom. The summed E-state index contributed by atoms with van der Waals surface area (Å²) >= 11 is 3.41. The minimum absolute atomic E-state index is 0.623. The van der Waals surface area contributed by atoms with E-state index in [1.54, 1.807) is 12.4 Å². The van der Waals surface area contributed by atoms with E-state index in [0.29, 0.717) is 5.56 Å². The molecule has 0 N–H and O–H groups in total. The summed E-state index contributed by atoms with van der Waals surface area (Å²) in [6.45, 7) is 0. The van der Waals surface area contributed by atoms with Crippen molar-refractivity contribution in [3.05, 3.63) is 58.8 Å². The van der Waals surface area contributed by atoms with Gasteiger partial charge in [0, 0.05) is 11.5 Å². The van der Waals surface area contributed by atoms with Gasteiger partial charge in [0.15, 0.2) is 0 Å². The third-order valence-corrected chi connectivity index (χ3v) is 3.86. The van der Waals surface area contributed by atoms with E-state index in [1.807, 2.05) is 53.1 Å². The molecule has 0 aliphatic heterocycles. The Hall–Kier alpha value is -2.32. The zero-order valence-corrected chi connectivity index (χ0v) is 12.4. The van der Waals surface area contributed by atoms with Crippen LogP contribution in [0.2, 0.25) is 0 Å². The average Bonchev–Trinajstić information content (AvgIpc) is 2.90. The molecule has 0 fully saturated rings. The number of para-hydroxylation sites is 2. The first-order valence-corrected chi connectivity index (χ1v) is 6.86. The van der Waals surface area contributed by atoms with Crippen molar-refractivity contribution in [3.8, 4) is 6.07 Å². The molecular formula is C15H11BrN4. The predicted molar refractivity (Wildman–Crippen MR) is 82.4 cm³/mol. The van der Waals surface area contributed by atoms with Gasteiger partial charge in [-0.15, -0.1) is 0 Å². The van der Waals surface area contributed by atoms with E-state index in [-0.39, 0.29) is 0 Å². The molecule has 3 rings (SSSR count). The highest BCUT2D eigenvalue weighted by atomic mass is 79.9. The molecular weight excluding hydrogens is 316 g/mol. The zero-order valence-electron chi connectivity index (χ0n) is 10.8. The van der Waals surface area contributed by atoms with E-state index >= 15 is 0 Å². The van der Waals surface area contributed by atoms with Crippen molar-refractivity contribution >= 4 is 32.7 Å². The Bertz CT molecular complexity index is 816. The van der Waals surface area contributed by atoms with Gasteiger partial charge in [0.05, 0.1) is 22.3 Å². The van der Waals surface area contributed by atoms with Gasteiger partial charge in [0.25, 0.3) is 0 Å². The van der Waals surface area contributed by atoms with Crippen molar-refractivity contribution in [1.29, 1.82) is 5.26 Å². The van der Waals surface area contributed by atoms with Gasteiger partial charge in [0.2, 0.25) is 0 Å². The molecule has 0 saturated carbocycles. The van der Waals surface area contributed by atoms with Crippen LogP contribution in [0.4, 0.5) is 5.69 Å². The van der Waals surface area contributed by atoms with Crippen LogP contribution in [0.3, 0.4) is 0 Å². The van der Waals surface area contributed by atoms with Crippen molar-refractivity contribution in [1.82, 2.24) is 9.66 Å². The largest absolute Gasteiger partial charge is 0.283 e. The summed E-state index contributed by atoms with van der Waals surface area (Å²) < 4.78 is 2.76. The number of hydrogen-bond donors (Lipinski definition) is 0. The van der Waals surface area contributed by atoms with Gasteiger partial charge >= 0.3 is 0 Å². The van der Waals surface area contributed by atoms with Gasteiger partial charge in [-0.2, -0.15) is 5.26 Å². The molecule has 0 aliphatic carbocycles. The average molecular weight is 327 g/mol. The highest BCUT2D eigenvalue weighted by Crippen LogP contribution is 2.24. The lowest BCUT2D eigenvalue weighted by molar-refractivity contribution is 0.797. The lowest BCUT2D eigenvalue weighted by atomic mass is 10.2. The molecule has 0 saturated heterocycles. The van der Waals surface area contributed by atoms with Crippen LogP contribution in [0.15, 0.2) is 53.3 Å². The first-order valence-electron chi connectivity index (χ1n) is 6.06. The van der Waals surface area contributed by atoms with Crippen LogP contribution in [0.1, 0.15) is 5.56 Å². The van der Waals surface area contributed by atoms with Crippen molar-refractivity contribution < 1.29 is 0 Å². The zero-order chi connectivity index (χ0) is 14.1. The molecule has 0 unspecified atom stereocenters. The van der Waals surface area contributed by atoms with Crippen molar-refractivity contribution in [2.75, 3.05) is 12.1 Å². The van der Waals surface area contributed by atoms with E-state index in [1.165, 1.54) is 0 Å². The molecule has 4 nitrogen and oxygen atoms in total. The first-order chi connectivity index (χ1) is 9.70. The number of imidazole rings is 1. The van der Waals surface area contributed by atoms with Crippen LogP contribution in [0.25, 0.3) is 11.0 Å². The molecule has 3 aromatic rings. The van der Waals surface area contributed by atoms with E-state index in [2.05, 4.69) is 27.0 Å². The van der Waals surface area contributed by atoms with Gasteiger partial charge in [0.1, 0.15) is 12.4 Å². The summed E-state index contributed by atoms with van der Waals surface area (Å²) in [5, 5.41) is 11.0. The quantitative estimate of drug-likeness (QED) is 0.723. The van der Waals surface area contributed by atoms with Gasteiger partial charge in [-0.1, -0.05) is 12.1 Å². The van der Waals surface area contributed by atoms with Gasteiger partial charge in [-0.05, 0) is 46.3 Å². The molecule has 2 aromatic carbocycles. The third kappa shape index (κ3) is 2.04. The van der Waals surface area contributed by atoms with Crippen molar-refractivity contribution in [3.63, 3.8) is 0 Å². The minimum atomic E-state index is 0.623. The highest BCUT2D eigenvalue weighted by molar-refractivity contribution is 9.10. The summed E-state index contributed by atoms with van der Waals surface area (Å²) in [5.74, 6) is 0. The Balaban J connectivity index is 2.06. The lowest BCUT2D eigenvalue weighted by Crippen LogP contribution is -2.23. The molecule has 1 aromatic heterocycles. The minimum Gasteiger partial charge on any atom is -0.283 e. The summed E-state index contributed by atoms with van der Waals surface area (Å²) in [6.07, 6.45) is 1.79. The summed E-state index contributed by atoms with van der Waals surface area (Å²) in [4.78, 5) is 4.38. The lowest BCUT2D eigenvalue weighted by Gasteiger charge is -2.21. The second-order valence-electron chi connectivity index (χ2n) is 4.38. The van der Waals surface area contributed by atoms with Crippen LogP contribution < -0.4 is 5.01 Å². The number of hydrogen-bond acceptors (Lipinski definition) is 3. The number of benzene rings is 2. The molecule has 0 spiro atoms. The van der Waals surface area contributed by atoms with Crippen LogP contribution in [-0.2, 0) is 0 Å². The second kappa shape index (κ2) is 4.99. The number of aromatic nitrogens is 2. The predicted octanol–water partition coefficient (Wildman–Crippen LogP) is 3.57. The van der Waals surface area contributed by atoms with Gasteiger partial charge < -0.3 is 0 Å². The van der Waals surface area contributed by atoms with Crippen LogP contribution in [0, 0.1) is 11.3 Å². The SMILES string of the molecule is CN(c1ccc(C#N)c(Br)c1)n1cnc2ccccc21. The Morgan fingerprint density at radius 1 is 1.25 bits per heavy atom. The Kier molecular flexibility index (Phi) is 3.17. The smallest absolute Gasteiger partial charge is 0.116 e. The van der Waals surface area contributed by atoms with Crippen molar-refractivity contribution in [2.45, 2.75) is 0 Å². The maximum atomic E-state index is 8.96. The van der Waals surface area contributed by atoms with Crippen molar-refractivity contribution in [2.24, 2.45) is 0 Å². The fourth-order valence-electron chi connectivity index (χ4n) is 2.11. The van der Waals surface area contributed by atoms with Crippen LogP contribution >= 0.6 is 15.9 Å². The second-order valence-corrected chi connectivity index (χ2v) is 5.23. The number of anilines is 1. The molecule has 1 heterocycles.